The van der Waals surface area contributed by atoms with Crippen LogP contribution < -0.4 is 10.6 Å². The average Bonchev–Trinajstić information content (AvgIpc) is 2.79. The maximum atomic E-state index is 13.6. The van der Waals surface area contributed by atoms with Crippen molar-refractivity contribution >= 4 is 46.9 Å². The third-order valence-corrected chi connectivity index (χ3v) is 5.38. The standard InChI is InChI=1S/C23H17FN2O6S/c24-18-3-1-2-4-19(18)26-20(27)12-33-15-8-6-14(7-9-15)25-21(28)16-10-5-13(22(29)30)11-17(16)23(31)32/h1-11H,12H2,(H,25,28)(H,26,27)(H,29,30)(H,31,32). The Bertz CT molecular complexity index is 1230. The number of hydrogen-bond donors (Lipinski definition) is 4. The van der Waals surface area contributed by atoms with Crippen LogP contribution in [0.5, 0.6) is 0 Å². The van der Waals surface area contributed by atoms with E-state index in [9.17, 15) is 28.7 Å². The number of amides is 2. The molecule has 0 heterocycles. The van der Waals surface area contributed by atoms with Gasteiger partial charge in [-0.3, -0.25) is 9.59 Å². The van der Waals surface area contributed by atoms with Crippen molar-refractivity contribution in [2.45, 2.75) is 4.90 Å². The fraction of sp³-hybridized carbons (Fsp3) is 0.0435. The molecule has 10 heteroatoms. The van der Waals surface area contributed by atoms with Crippen LogP contribution in [0, 0.1) is 5.82 Å². The highest BCUT2D eigenvalue weighted by Gasteiger charge is 2.19. The number of thioether (sulfide) groups is 1. The van der Waals surface area contributed by atoms with Gasteiger partial charge in [0, 0.05) is 10.6 Å². The van der Waals surface area contributed by atoms with Gasteiger partial charge in [0.25, 0.3) is 5.91 Å². The number of benzene rings is 3. The van der Waals surface area contributed by atoms with Gasteiger partial charge in [-0.15, -0.1) is 11.8 Å². The fourth-order valence-electron chi connectivity index (χ4n) is 2.78. The first-order chi connectivity index (χ1) is 15.7. The number of rotatable bonds is 8. The molecule has 0 atom stereocenters. The number of para-hydroxylation sites is 1. The van der Waals surface area contributed by atoms with Crippen LogP contribution >= 0.6 is 11.8 Å². The number of carbonyl (C=O) groups is 4. The highest BCUT2D eigenvalue weighted by molar-refractivity contribution is 8.00. The molecule has 33 heavy (non-hydrogen) atoms. The first-order valence-electron chi connectivity index (χ1n) is 9.44. The van der Waals surface area contributed by atoms with Crippen molar-refractivity contribution in [1.29, 1.82) is 0 Å². The summed E-state index contributed by atoms with van der Waals surface area (Å²) in [6.07, 6.45) is 0. The Kier molecular flexibility index (Phi) is 7.42. The highest BCUT2D eigenvalue weighted by atomic mass is 32.2. The minimum Gasteiger partial charge on any atom is -0.478 e. The summed E-state index contributed by atoms with van der Waals surface area (Å²) in [5, 5.41) is 23.4. The molecule has 3 aromatic carbocycles. The lowest BCUT2D eigenvalue weighted by molar-refractivity contribution is -0.113. The Morgan fingerprint density at radius 2 is 1.52 bits per heavy atom. The molecule has 0 unspecified atom stereocenters. The Balaban J connectivity index is 1.61. The second-order valence-corrected chi connectivity index (χ2v) is 7.71. The Labute approximate surface area is 191 Å². The zero-order valence-corrected chi connectivity index (χ0v) is 17.7. The molecule has 0 aromatic heterocycles. The summed E-state index contributed by atoms with van der Waals surface area (Å²) >= 11 is 1.21. The first kappa shape index (κ1) is 23.5. The van der Waals surface area contributed by atoms with Gasteiger partial charge in [0.15, 0.2) is 0 Å². The van der Waals surface area contributed by atoms with Crippen LogP contribution in [-0.2, 0) is 4.79 Å². The van der Waals surface area contributed by atoms with Gasteiger partial charge in [0.05, 0.1) is 28.1 Å². The molecule has 0 radical (unpaired) electrons. The lowest BCUT2D eigenvalue weighted by Crippen LogP contribution is -2.17. The lowest BCUT2D eigenvalue weighted by atomic mass is 10.0. The number of aromatic carboxylic acids is 2. The molecule has 2 amide bonds. The van der Waals surface area contributed by atoms with Crippen LogP contribution in [-0.4, -0.2) is 39.7 Å². The van der Waals surface area contributed by atoms with E-state index in [-0.39, 0.29) is 28.5 Å². The van der Waals surface area contributed by atoms with E-state index in [1.807, 2.05) is 0 Å². The fourth-order valence-corrected chi connectivity index (χ4v) is 3.48. The van der Waals surface area contributed by atoms with Gasteiger partial charge in [-0.1, -0.05) is 12.1 Å². The molecule has 0 saturated carbocycles. The third kappa shape index (κ3) is 6.17. The van der Waals surface area contributed by atoms with Crippen molar-refractivity contribution in [2.75, 3.05) is 16.4 Å². The number of carbonyl (C=O) groups excluding carboxylic acids is 2. The van der Waals surface area contributed by atoms with E-state index in [0.29, 0.717) is 10.6 Å². The number of anilines is 2. The van der Waals surface area contributed by atoms with Gasteiger partial charge in [-0.25, -0.2) is 14.0 Å². The monoisotopic (exact) mass is 468 g/mol. The molecule has 8 nitrogen and oxygen atoms in total. The van der Waals surface area contributed by atoms with Crippen molar-refractivity contribution in [2.24, 2.45) is 0 Å². The molecule has 0 saturated heterocycles. The SMILES string of the molecule is O=C(CSc1ccc(NC(=O)c2ccc(C(=O)O)cc2C(=O)O)cc1)Nc1ccccc1F. The molecular formula is C23H17FN2O6S. The Morgan fingerprint density at radius 1 is 0.818 bits per heavy atom. The molecule has 3 aromatic rings. The Morgan fingerprint density at radius 3 is 2.15 bits per heavy atom. The minimum atomic E-state index is -1.43. The van der Waals surface area contributed by atoms with Crippen molar-refractivity contribution < 1.29 is 33.8 Å². The van der Waals surface area contributed by atoms with E-state index >= 15 is 0 Å². The molecule has 0 aliphatic heterocycles. The van der Waals surface area contributed by atoms with Crippen LogP contribution in [0.15, 0.2) is 71.6 Å². The first-order valence-corrected chi connectivity index (χ1v) is 10.4. The molecular weight excluding hydrogens is 451 g/mol. The second kappa shape index (κ2) is 10.4. The van der Waals surface area contributed by atoms with Gasteiger partial charge in [0.1, 0.15) is 5.82 Å². The molecule has 0 spiro atoms. The molecule has 168 valence electrons. The quantitative estimate of drug-likeness (QED) is 0.364. The number of carboxylic acids is 2. The van der Waals surface area contributed by atoms with Gasteiger partial charge in [-0.05, 0) is 54.6 Å². The van der Waals surface area contributed by atoms with E-state index < -0.39 is 29.2 Å². The van der Waals surface area contributed by atoms with E-state index in [1.165, 1.54) is 30.0 Å². The van der Waals surface area contributed by atoms with E-state index in [2.05, 4.69) is 10.6 Å². The smallest absolute Gasteiger partial charge is 0.336 e. The summed E-state index contributed by atoms with van der Waals surface area (Å²) < 4.78 is 13.6. The molecule has 0 fully saturated rings. The normalized spacial score (nSPS) is 10.3. The van der Waals surface area contributed by atoms with Crippen molar-refractivity contribution in [3.63, 3.8) is 0 Å². The third-order valence-electron chi connectivity index (χ3n) is 4.37. The second-order valence-electron chi connectivity index (χ2n) is 6.67. The minimum absolute atomic E-state index is 0.0396. The summed E-state index contributed by atoms with van der Waals surface area (Å²) in [5.41, 5.74) is -0.391. The maximum absolute atomic E-state index is 13.6. The van der Waals surface area contributed by atoms with E-state index in [4.69, 9.17) is 5.11 Å². The van der Waals surface area contributed by atoms with Crippen LogP contribution in [0.4, 0.5) is 15.8 Å². The van der Waals surface area contributed by atoms with Crippen LogP contribution in [0.1, 0.15) is 31.1 Å². The van der Waals surface area contributed by atoms with E-state index in [1.54, 1.807) is 30.3 Å². The molecule has 0 aliphatic carbocycles. The zero-order valence-electron chi connectivity index (χ0n) is 16.9. The lowest BCUT2D eigenvalue weighted by Gasteiger charge is -2.10. The van der Waals surface area contributed by atoms with Gasteiger partial charge in [0.2, 0.25) is 5.91 Å². The van der Waals surface area contributed by atoms with Crippen LogP contribution in [0.25, 0.3) is 0 Å². The number of hydrogen-bond acceptors (Lipinski definition) is 5. The van der Waals surface area contributed by atoms with Gasteiger partial charge in [-0.2, -0.15) is 0 Å². The summed E-state index contributed by atoms with van der Waals surface area (Å²) in [5.74, 6) is -4.32. The number of halogens is 1. The van der Waals surface area contributed by atoms with Crippen molar-refractivity contribution in [3.8, 4) is 0 Å². The number of nitrogens with one attached hydrogen (secondary N) is 2. The van der Waals surface area contributed by atoms with Gasteiger partial charge >= 0.3 is 11.9 Å². The average molecular weight is 468 g/mol. The summed E-state index contributed by atoms with van der Waals surface area (Å²) in [4.78, 5) is 47.7. The number of carboxylic acid groups (broad SMARTS) is 2. The summed E-state index contributed by atoms with van der Waals surface area (Å²) in [7, 11) is 0. The van der Waals surface area contributed by atoms with Gasteiger partial charge < -0.3 is 20.8 Å². The van der Waals surface area contributed by atoms with Crippen LogP contribution in [0.3, 0.4) is 0 Å². The molecule has 0 aliphatic rings. The predicted octanol–water partition coefficient (Wildman–Crippen LogP) is 4.21. The van der Waals surface area contributed by atoms with Crippen molar-refractivity contribution in [3.05, 3.63) is 89.2 Å². The predicted molar refractivity (Wildman–Crippen MR) is 121 cm³/mol. The van der Waals surface area contributed by atoms with Crippen molar-refractivity contribution in [1.82, 2.24) is 0 Å². The molecule has 4 N–H and O–H groups in total. The maximum Gasteiger partial charge on any atom is 0.336 e. The largest absolute Gasteiger partial charge is 0.478 e. The molecule has 3 rings (SSSR count). The Hall–Kier alpha value is -4.18. The van der Waals surface area contributed by atoms with Crippen LogP contribution in [0.2, 0.25) is 0 Å². The topological polar surface area (TPSA) is 133 Å². The van der Waals surface area contributed by atoms with E-state index in [0.717, 1.165) is 18.2 Å². The zero-order chi connectivity index (χ0) is 24.0. The summed E-state index contributed by atoms with van der Waals surface area (Å²) in [6, 6.07) is 15.5. The summed E-state index contributed by atoms with van der Waals surface area (Å²) in [6.45, 7) is 0. The molecule has 0 bridgehead atoms. The highest BCUT2D eigenvalue weighted by Crippen LogP contribution is 2.22.